The van der Waals surface area contributed by atoms with Gasteiger partial charge in [0.1, 0.15) is 11.8 Å². The van der Waals surface area contributed by atoms with Gasteiger partial charge in [0.05, 0.1) is 45.7 Å². The van der Waals surface area contributed by atoms with Crippen molar-refractivity contribution in [3.8, 4) is 17.1 Å². The SMILES string of the molecule is CC1=CC(/C=C/c2ccc(OCCCC(=O)NC(CCCC[N+](C)(C)C)C(=O)NCCCCC(=O)ON3C(=O)CCC3=O)cc2)=[N+]2C1=Cc1c(CCCS(=O)(=O)O)cc(-c3ccc(C)[nH]3)n1[B-]2(F)F. The first-order valence-electron chi connectivity index (χ1n) is 23.4. The molecule has 4 N–H and O–H groups in total. The van der Waals surface area contributed by atoms with Gasteiger partial charge in [-0.25, -0.2) is 4.79 Å². The third-order valence-electron chi connectivity index (χ3n) is 12.0. The molecule has 1 aromatic carbocycles. The number of unbranched alkanes of at least 4 members (excludes halogenated alkanes) is 2. The Bertz CT molecular complexity index is 2650. The van der Waals surface area contributed by atoms with E-state index in [1.807, 2.05) is 6.92 Å². The molecular formula is C48H63BF2N7O10S+. The molecule has 1 unspecified atom stereocenters. The van der Waals surface area contributed by atoms with Crippen molar-refractivity contribution in [3.05, 3.63) is 88.4 Å². The number of quaternary nitrogens is 1. The Morgan fingerprint density at radius 2 is 1.67 bits per heavy atom. The molecule has 0 bridgehead atoms. The smallest absolute Gasteiger partial charge is 0.494 e. The minimum atomic E-state index is -4.42. The van der Waals surface area contributed by atoms with E-state index in [1.54, 1.807) is 73.7 Å². The van der Waals surface area contributed by atoms with Crippen LogP contribution in [0.25, 0.3) is 23.5 Å². The van der Waals surface area contributed by atoms with Crippen LogP contribution in [0, 0.1) is 6.92 Å². The molecule has 2 aromatic heterocycles. The van der Waals surface area contributed by atoms with Gasteiger partial charge >= 0.3 is 12.9 Å². The molecule has 0 aliphatic carbocycles. The zero-order valence-electron chi connectivity index (χ0n) is 39.9. The van der Waals surface area contributed by atoms with E-state index in [2.05, 4.69) is 36.8 Å². The summed E-state index contributed by atoms with van der Waals surface area (Å²) < 4.78 is 74.8. The number of halogens is 2. The van der Waals surface area contributed by atoms with Gasteiger partial charge in [0.25, 0.3) is 21.9 Å². The molecule has 372 valence electrons. The maximum absolute atomic E-state index is 17.0. The standard InChI is InChI=1S/C48H62BF2N7O10S/c1-33-30-37(55-41(33)32-42-36(12-11-29-69(64,65)66)31-43(56(42)49(55,50)51)39-23-16-34(2)53-39)20-17-35-18-21-38(22-19-35)67-28-10-14-44(59)54-40(13-7-9-27-58(3,4)5)48(63)52-26-8-6-15-47(62)68-57-45(60)24-25-46(57)61/h16-23,30-32,40,53H,6-15,24-29H2,1-5H3,(H2-,52,54,59,63,64,65,66)/p+1/b20-17+. The van der Waals surface area contributed by atoms with Crippen molar-refractivity contribution < 1.29 is 64.1 Å². The predicted molar refractivity (Wildman–Crippen MR) is 257 cm³/mol. The number of imide groups is 1. The van der Waals surface area contributed by atoms with E-state index < -0.39 is 46.7 Å². The van der Waals surface area contributed by atoms with Crippen molar-refractivity contribution in [2.75, 3.05) is 46.6 Å². The molecule has 3 aliphatic rings. The summed E-state index contributed by atoms with van der Waals surface area (Å²) >= 11 is 0. The molecule has 4 amide bonds. The summed E-state index contributed by atoms with van der Waals surface area (Å²) in [5, 5.41) is 6.22. The van der Waals surface area contributed by atoms with E-state index >= 15 is 8.63 Å². The van der Waals surface area contributed by atoms with Crippen LogP contribution in [-0.4, -0.2) is 131 Å². The molecule has 3 aromatic rings. The average molecular weight is 979 g/mol. The maximum Gasteiger partial charge on any atom is 0.737 e. The summed E-state index contributed by atoms with van der Waals surface area (Å²) in [5.41, 5.74) is 4.39. The average Bonchev–Trinajstić information content (AvgIpc) is 4.04. The van der Waals surface area contributed by atoms with Crippen LogP contribution >= 0.6 is 0 Å². The third kappa shape index (κ3) is 14.2. The molecule has 17 nitrogen and oxygen atoms in total. The Morgan fingerprint density at radius 1 is 0.942 bits per heavy atom. The second kappa shape index (κ2) is 22.5. The van der Waals surface area contributed by atoms with E-state index in [-0.39, 0.29) is 74.9 Å². The molecule has 3 aliphatic heterocycles. The molecule has 1 fully saturated rings. The molecule has 6 rings (SSSR count). The lowest BCUT2D eigenvalue weighted by molar-refractivity contribution is -0.870. The molecule has 1 saturated heterocycles. The van der Waals surface area contributed by atoms with Crippen LogP contribution in [0.5, 0.6) is 5.75 Å². The fourth-order valence-corrected chi connectivity index (χ4v) is 8.99. The number of H-pyrrole nitrogens is 1. The molecular weight excluding hydrogens is 915 g/mol. The number of hydrogen-bond acceptors (Lipinski definition) is 9. The number of carbonyl (C=O) groups is 5. The normalized spacial score (nSPS) is 16.1. The Balaban J connectivity index is 1.01. The van der Waals surface area contributed by atoms with Gasteiger partial charge < -0.3 is 47.3 Å². The number of ether oxygens (including phenoxy) is 1. The van der Waals surface area contributed by atoms with Gasteiger partial charge in [0.15, 0.2) is 11.4 Å². The quantitative estimate of drug-likeness (QED) is 0.0267. The van der Waals surface area contributed by atoms with Crippen molar-refractivity contribution >= 4 is 64.5 Å². The number of amides is 4. The van der Waals surface area contributed by atoms with Gasteiger partial charge in [-0.2, -0.15) is 8.42 Å². The predicted octanol–water partition coefficient (Wildman–Crippen LogP) is 5.73. The van der Waals surface area contributed by atoms with Gasteiger partial charge in [0.2, 0.25) is 11.8 Å². The minimum Gasteiger partial charge on any atom is -0.494 e. The number of carbonyl (C=O) groups excluding carboxylic acids is 5. The monoisotopic (exact) mass is 978 g/mol. The highest BCUT2D eigenvalue weighted by Crippen LogP contribution is 2.40. The summed E-state index contributed by atoms with van der Waals surface area (Å²) in [4.78, 5) is 69.8. The first kappa shape index (κ1) is 52.2. The first-order valence-corrected chi connectivity index (χ1v) is 25.0. The van der Waals surface area contributed by atoms with Crippen LogP contribution in [0.1, 0.15) is 100 Å². The lowest BCUT2D eigenvalue weighted by Crippen LogP contribution is -2.50. The second-order valence-corrected chi connectivity index (χ2v) is 20.3. The molecule has 0 saturated carbocycles. The number of fused-ring (bicyclic) bond motifs is 2. The zero-order chi connectivity index (χ0) is 50.1. The lowest BCUT2D eigenvalue weighted by atomic mass is 9.89. The summed E-state index contributed by atoms with van der Waals surface area (Å²) in [6.45, 7) is 0.544. The Morgan fingerprint density at radius 3 is 2.33 bits per heavy atom. The minimum absolute atomic E-state index is 0.0110. The van der Waals surface area contributed by atoms with Crippen LogP contribution in [0.3, 0.4) is 0 Å². The van der Waals surface area contributed by atoms with Gasteiger partial charge in [-0.15, -0.1) is 5.06 Å². The molecule has 1 atom stereocenters. The maximum atomic E-state index is 17.0. The Hall–Kier alpha value is -6.19. The molecule has 21 heteroatoms. The van der Waals surface area contributed by atoms with E-state index in [1.165, 1.54) is 0 Å². The van der Waals surface area contributed by atoms with Crippen LogP contribution < -0.4 is 15.4 Å². The third-order valence-corrected chi connectivity index (χ3v) is 12.8. The number of aromatic amines is 1. The lowest BCUT2D eigenvalue weighted by Gasteiger charge is -2.31. The van der Waals surface area contributed by atoms with E-state index in [0.29, 0.717) is 64.7 Å². The van der Waals surface area contributed by atoms with Crippen LogP contribution in [0.2, 0.25) is 0 Å². The van der Waals surface area contributed by atoms with Gasteiger partial charge in [-0.1, -0.05) is 12.1 Å². The summed E-state index contributed by atoms with van der Waals surface area (Å²) in [6.07, 6.45) is 10.3. The van der Waals surface area contributed by atoms with E-state index in [0.717, 1.165) is 44.1 Å². The second-order valence-electron chi connectivity index (χ2n) is 18.8. The number of aromatic nitrogens is 2. The highest BCUT2D eigenvalue weighted by molar-refractivity contribution is 7.85. The van der Waals surface area contributed by atoms with Crippen molar-refractivity contribution in [2.24, 2.45) is 0 Å². The Labute approximate surface area is 401 Å². The van der Waals surface area contributed by atoms with Crippen molar-refractivity contribution in [2.45, 2.75) is 96.9 Å². The number of rotatable bonds is 25. The summed E-state index contributed by atoms with van der Waals surface area (Å²) in [5.74, 6) is -2.37. The molecule has 5 heterocycles. The fourth-order valence-electron chi connectivity index (χ4n) is 8.48. The van der Waals surface area contributed by atoms with Crippen molar-refractivity contribution in [3.63, 3.8) is 0 Å². The topological polar surface area (TPSA) is 209 Å². The Kier molecular flexibility index (Phi) is 17.0. The van der Waals surface area contributed by atoms with Crippen molar-refractivity contribution in [1.82, 2.24) is 25.2 Å². The fraction of sp³-hybridized carbons (Fsp3) is 0.458. The highest BCUT2D eigenvalue weighted by Gasteiger charge is 2.54. The first-order chi connectivity index (χ1) is 32.6. The van der Waals surface area contributed by atoms with E-state index in [9.17, 15) is 36.9 Å². The number of hydrogen-bond donors (Lipinski definition) is 4. The van der Waals surface area contributed by atoms with Crippen LogP contribution in [-0.2, 0) is 45.3 Å². The number of nitrogens with zero attached hydrogens (tertiary/aromatic N) is 4. The number of allylic oxidation sites excluding steroid dienone is 3. The molecule has 69 heavy (non-hydrogen) atoms. The summed E-state index contributed by atoms with van der Waals surface area (Å²) in [6, 6.07) is 11.5. The van der Waals surface area contributed by atoms with E-state index in [4.69, 9.17) is 9.57 Å². The zero-order valence-corrected chi connectivity index (χ0v) is 40.7. The van der Waals surface area contributed by atoms with Crippen LogP contribution in [0.15, 0.2) is 65.9 Å². The van der Waals surface area contributed by atoms with Gasteiger partial charge in [-0.05, 0) is 113 Å². The number of aryl methyl sites for hydroxylation is 2. The largest absolute Gasteiger partial charge is 0.737 e. The molecule has 0 spiro atoms. The van der Waals surface area contributed by atoms with Crippen LogP contribution in [0.4, 0.5) is 8.63 Å². The van der Waals surface area contributed by atoms with Gasteiger partial charge in [-0.3, -0.25) is 23.7 Å². The number of benzene rings is 1. The van der Waals surface area contributed by atoms with Gasteiger partial charge in [0, 0.05) is 73.1 Å². The highest BCUT2D eigenvalue weighted by atomic mass is 32.2. The number of nitrogens with one attached hydrogen (secondary N) is 3. The molecule has 0 radical (unpaired) electrons. The summed E-state index contributed by atoms with van der Waals surface area (Å²) in [7, 11) is 2.03. The number of hydroxylamine groups is 2. The van der Waals surface area contributed by atoms with Crippen molar-refractivity contribution in [1.29, 1.82) is 0 Å².